The van der Waals surface area contributed by atoms with E-state index in [0.717, 1.165) is 19.0 Å². The highest BCUT2D eigenvalue weighted by Gasteiger charge is 2.17. The summed E-state index contributed by atoms with van der Waals surface area (Å²) in [6.07, 6.45) is 5.85. The smallest absolute Gasteiger partial charge is 0.225 e. The molecule has 2 rings (SSSR count). The lowest BCUT2D eigenvalue weighted by atomic mass is 10.1. The second-order valence-electron chi connectivity index (χ2n) is 5.94. The molecular formula is C16H24ClN3O. The van der Waals surface area contributed by atoms with E-state index in [0.29, 0.717) is 22.8 Å². The van der Waals surface area contributed by atoms with Crippen LogP contribution < -0.4 is 11.1 Å². The number of carbonyl (C=O) groups is 1. The lowest BCUT2D eigenvalue weighted by Gasteiger charge is -2.20. The molecule has 1 fully saturated rings. The van der Waals surface area contributed by atoms with E-state index in [4.69, 9.17) is 17.3 Å². The maximum absolute atomic E-state index is 12.0. The van der Waals surface area contributed by atoms with E-state index in [9.17, 15) is 4.79 Å². The molecule has 0 aliphatic heterocycles. The Balaban J connectivity index is 1.73. The Morgan fingerprint density at radius 3 is 2.81 bits per heavy atom. The minimum Gasteiger partial charge on any atom is -0.397 e. The summed E-state index contributed by atoms with van der Waals surface area (Å²) in [5, 5.41) is 3.41. The molecule has 0 atom stereocenters. The molecule has 0 saturated heterocycles. The van der Waals surface area contributed by atoms with Gasteiger partial charge < -0.3 is 16.0 Å². The molecule has 1 aromatic rings. The third-order valence-electron chi connectivity index (χ3n) is 4.05. The molecule has 21 heavy (non-hydrogen) atoms. The van der Waals surface area contributed by atoms with Gasteiger partial charge in [-0.05, 0) is 44.0 Å². The SMILES string of the molecule is CN(CCC(=O)Nc1ccc(Cl)cc1N)CC1CCCC1. The second kappa shape index (κ2) is 7.66. The Kier molecular flexibility index (Phi) is 5.88. The molecule has 4 nitrogen and oxygen atoms in total. The van der Waals surface area contributed by atoms with E-state index in [1.54, 1.807) is 18.2 Å². The molecule has 0 radical (unpaired) electrons. The number of nitrogens with one attached hydrogen (secondary N) is 1. The van der Waals surface area contributed by atoms with E-state index in [-0.39, 0.29) is 5.91 Å². The minimum atomic E-state index is -0.0118. The molecule has 1 aliphatic carbocycles. The van der Waals surface area contributed by atoms with Crippen LogP contribution in [0.25, 0.3) is 0 Å². The molecular weight excluding hydrogens is 286 g/mol. The highest BCUT2D eigenvalue weighted by Crippen LogP contribution is 2.25. The van der Waals surface area contributed by atoms with Gasteiger partial charge in [-0.15, -0.1) is 0 Å². The van der Waals surface area contributed by atoms with Crippen molar-refractivity contribution in [2.24, 2.45) is 5.92 Å². The van der Waals surface area contributed by atoms with Gasteiger partial charge in [0, 0.05) is 24.5 Å². The number of amides is 1. The van der Waals surface area contributed by atoms with Crippen LogP contribution in [0.15, 0.2) is 18.2 Å². The first-order valence-electron chi connectivity index (χ1n) is 7.58. The van der Waals surface area contributed by atoms with Gasteiger partial charge in [0.25, 0.3) is 0 Å². The van der Waals surface area contributed by atoms with Crippen LogP contribution >= 0.6 is 11.6 Å². The zero-order valence-electron chi connectivity index (χ0n) is 12.6. The Morgan fingerprint density at radius 1 is 1.43 bits per heavy atom. The van der Waals surface area contributed by atoms with Crippen molar-refractivity contribution in [3.05, 3.63) is 23.2 Å². The fourth-order valence-corrected chi connectivity index (χ4v) is 3.06. The summed E-state index contributed by atoms with van der Waals surface area (Å²) in [7, 11) is 2.09. The number of halogens is 1. The topological polar surface area (TPSA) is 58.4 Å². The van der Waals surface area contributed by atoms with Gasteiger partial charge in [0.2, 0.25) is 5.91 Å². The maximum atomic E-state index is 12.0. The molecule has 0 spiro atoms. The normalized spacial score (nSPS) is 15.6. The summed E-state index contributed by atoms with van der Waals surface area (Å²) in [5.41, 5.74) is 6.95. The average Bonchev–Trinajstić information content (AvgIpc) is 2.92. The summed E-state index contributed by atoms with van der Waals surface area (Å²) in [6, 6.07) is 5.10. The monoisotopic (exact) mass is 309 g/mol. The van der Waals surface area contributed by atoms with Crippen LogP contribution in [0.3, 0.4) is 0 Å². The molecule has 1 saturated carbocycles. The number of nitrogens with zero attached hydrogens (tertiary/aromatic N) is 1. The maximum Gasteiger partial charge on any atom is 0.225 e. The Morgan fingerprint density at radius 2 is 2.14 bits per heavy atom. The molecule has 0 heterocycles. The van der Waals surface area contributed by atoms with Gasteiger partial charge in [-0.25, -0.2) is 0 Å². The molecule has 1 aliphatic rings. The van der Waals surface area contributed by atoms with Gasteiger partial charge in [-0.2, -0.15) is 0 Å². The predicted octanol–water partition coefficient (Wildman–Crippen LogP) is 3.37. The molecule has 1 aromatic carbocycles. The van der Waals surface area contributed by atoms with E-state index in [1.807, 2.05) is 0 Å². The predicted molar refractivity (Wildman–Crippen MR) is 88.6 cm³/mol. The number of hydrogen-bond acceptors (Lipinski definition) is 3. The Labute approximate surface area is 131 Å². The van der Waals surface area contributed by atoms with Crippen molar-refractivity contribution in [1.82, 2.24) is 4.90 Å². The van der Waals surface area contributed by atoms with Crippen LogP contribution in [0.1, 0.15) is 32.1 Å². The second-order valence-corrected chi connectivity index (χ2v) is 6.38. The molecule has 0 bridgehead atoms. The van der Waals surface area contributed by atoms with Crippen LogP contribution in [-0.4, -0.2) is 30.9 Å². The van der Waals surface area contributed by atoms with Gasteiger partial charge in [-0.1, -0.05) is 24.4 Å². The zero-order valence-corrected chi connectivity index (χ0v) is 13.3. The lowest BCUT2D eigenvalue weighted by Crippen LogP contribution is -2.28. The van der Waals surface area contributed by atoms with Gasteiger partial charge in [0.15, 0.2) is 0 Å². The molecule has 0 unspecified atom stereocenters. The third-order valence-corrected chi connectivity index (χ3v) is 4.29. The van der Waals surface area contributed by atoms with Crippen molar-refractivity contribution >= 4 is 28.9 Å². The highest BCUT2D eigenvalue weighted by atomic mass is 35.5. The summed E-state index contributed by atoms with van der Waals surface area (Å²) in [4.78, 5) is 14.2. The van der Waals surface area contributed by atoms with Crippen molar-refractivity contribution < 1.29 is 4.79 Å². The quantitative estimate of drug-likeness (QED) is 0.792. The number of anilines is 2. The first-order chi connectivity index (χ1) is 10.0. The fraction of sp³-hybridized carbons (Fsp3) is 0.562. The van der Waals surface area contributed by atoms with E-state index >= 15 is 0 Å². The van der Waals surface area contributed by atoms with Crippen molar-refractivity contribution in [2.75, 3.05) is 31.2 Å². The van der Waals surface area contributed by atoms with Crippen LogP contribution in [0.2, 0.25) is 5.02 Å². The highest BCUT2D eigenvalue weighted by molar-refractivity contribution is 6.31. The molecule has 0 aromatic heterocycles. The summed E-state index contributed by atoms with van der Waals surface area (Å²) in [5.74, 6) is 0.798. The van der Waals surface area contributed by atoms with Crippen molar-refractivity contribution in [3.8, 4) is 0 Å². The lowest BCUT2D eigenvalue weighted by molar-refractivity contribution is -0.116. The number of nitrogen functional groups attached to an aromatic ring is 1. The summed E-state index contributed by atoms with van der Waals surface area (Å²) < 4.78 is 0. The number of carbonyl (C=O) groups excluding carboxylic acids is 1. The molecule has 3 N–H and O–H groups in total. The van der Waals surface area contributed by atoms with Crippen LogP contribution in [-0.2, 0) is 4.79 Å². The van der Waals surface area contributed by atoms with Crippen LogP contribution in [0.5, 0.6) is 0 Å². The number of rotatable bonds is 6. The number of nitrogens with two attached hydrogens (primary N) is 1. The first kappa shape index (κ1) is 16.1. The zero-order chi connectivity index (χ0) is 15.2. The molecule has 116 valence electrons. The summed E-state index contributed by atoms with van der Waals surface area (Å²) in [6.45, 7) is 1.87. The largest absolute Gasteiger partial charge is 0.397 e. The van der Waals surface area contributed by atoms with Crippen molar-refractivity contribution in [1.29, 1.82) is 0 Å². The third kappa shape index (κ3) is 5.21. The fourth-order valence-electron chi connectivity index (χ4n) is 2.88. The number of benzene rings is 1. The molecule has 1 amide bonds. The van der Waals surface area contributed by atoms with E-state index in [2.05, 4.69) is 17.3 Å². The van der Waals surface area contributed by atoms with Crippen LogP contribution in [0.4, 0.5) is 11.4 Å². The standard InChI is InChI=1S/C16H24ClN3O/c1-20(11-12-4-2-3-5-12)9-8-16(21)19-15-7-6-13(17)10-14(15)18/h6-7,10,12H,2-5,8-9,11,18H2,1H3,(H,19,21). The van der Waals surface area contributed by atoms with Gasteiger partial charge in [-0.3, -0.25) is 4.79 Å². The van der Waals surface area contributed by atoms with Gasteiger partial charge >= 0.3 is 0 Å². The number of hydrogen-bond donors (Lipinski definition) is 2. The van der Waals surface area contributed by atoms with Crippen LogP contribution in [0, 0.1) is 5.92 Å². The van der Waals surface area contributed by atoms with Gasteiger partial charge in [0.05, 0.1) is 11.4 Å². The Bertz CT molecular complexity index is 486. The average molecular weight is 310 g/mol. The first-order valence-corrected chi connectivity index (χ1v) is 7.96. The minimum absolute atomic E-state index is 0.0118. The molecule has 5 heteroatoms. The summed E-state index contributed by atoms with van der Waals surface area (Å²) >= 11 is 5.84. The van der Waals surface area contributed by atoms with E-state index in [1.165, 1.54) is 25.7 Å². The van der Waals surface area contributed by atoms with Crippen molar-refractivity contribution in [2.45, 2.75) is 32.1 Å². The van der Waals surface area contributed by atoms with Crippen molar-refractivity contribution in [3.63, 3.8) is 0 Å². The van der Waals surface area contributed by atoms with E-state index < -0.39 is 0 Å². The Hall–Kier alpha value is -1.26. The van der Waals surface area contributed by atoms with Gasteiger partial charge in [0.1, 0.15) is 0 Å².